The number of benzene rings is 1. The first-order chi connectivity index (χ1) is 12.6. The number of fused-ring (bicyclic) bond motifs is 1. The summed E-state index contributed by atoms with van der Waals surface area (Å²) in [5.74, 6) is -0.624. The van der Waals surface area contributed by atoms with E-state index in [1.165, 1.54) is 5.01 Å². The molecule has 0 saturated carbocycles. The van der Waals surface area contributed by atoms with Gasteiger partial charge in [-0.15, -0.1) is 10.2 Å². The molecule has 0 radical (unpaired) electrons. The van der Waals surface area contributed by atoms with Crippen molar-refractivity contribution >= 4 is 34.7 Å². The van der Waals surface area contributed by atoms with Crippen LogP contribution in [0.3, 0.4) is 0 Å². The summed E-state index contributed by atoms with van der Waals surface area (Å²) in [6.07, 6.45) is 3.24. The number of amidine groups is 1. The average Bonchev–Trinajstić information content (AvgIpc) is 3.12. The Kier molecular flexibility index (Phi) is 3.81. The maximum Gasteiger partial charge on any atom is 0.292 e. The third-order valence-electron chi connectivity index (χ3n) is 3.90. The first-order valence-corrected chi connectivity index (χ1v) is 7.96. The molecular weight excluding hydrogens is 334 g/mol. The maximum atomic E-state index is 12.6. The van der Waals surface area contributed by atoms with Crippen LogP contribution in [0.2, 0.25) is 0 Å². The normalized spacial score (nSPS) is 17.0. The van der Waals surface area contributed by atoms with Crippen LogP contribution in [0.4, 0.5) is 11.4 Å². The number of nitrogens with one attached hydrogen (secondary N) is 2. The predicted molar refractivity (Wildman–Crippen MR) is 95.6 cm³/mol. The Morgan fingerprint density at radius 2 is 2.00 bits per heavy atom. The fourth-order valence-electron chi connectivity index (χ4n) is 2.60. The van der Waals surface area contributed by atoms with E-state index < -0.39 is 11.9 Å². The van der Waals surface area contributed by atoms with Gasteiger partial charge in [0, 0.05) is 6.20 Å². The standard InChI is InChI=1S/C17H15N7O2/c1-11-17(26)24(13-5-3-2-4-6-13)22-15(19-11)16(25)20-12-7-8-14-21-18-10-23(14)9-12/h2-11H,1H3,(H,19,22)(H,20,25)/t11-/m0/s1. The summed E-state index contributed by atoms with van der Waals surface area (Å²) in [4.78, 5) is 29.1. The molecule has 26 heavy (non-hydrogen) atoms. The fourth-order valence-corrected chi connectivity index (χ4v) is 2.60. The topological polar surface area (TPSA) is 104 Å². The zero-order valence-electron chi connectivity index (χ0n) is 13.8. The minimum atomic E-state index is -0.669. The molecule has 1 aliphatic heterocycles. The summed E-state index contributed by atoms with van der Waals surface area (Å²) in [5.41, 5.74) is 4.66. The number of carbonyl (C=O) groups excluding carboxylic acids is 2. The summed E-state index contributed by atoms with van der Waals surface area (Å²) < 4.78 is 1.69. The van der Waals surface area contributed by atoms with Crippen molar-refractivity contribution in [3.05, 3.63) is 55.0 Å². The van der Waals surface area contributed by atoms with E-state index in [1.807, 2.05) is 18.2 Å². The molecular formula is C17H15N7O2. The second-order valence-corrected chi connectivity index (χ2v) is 5.74. The SMILES string of the molecule is C[C@@H]1N=C(C(=O)Nc2ccc3nncn3c2)NN(c2ccccc2)C1=O. The van der Waals surface area contributed by atoms with Crippen molar-refractivity contribution < 1.29 is 9.59 Å². The summed E-state index contributed by atoms with van der Waals surface area (Å²) in [7, 11) is 0. The Morgan fingerprint density at radius 3 is 2.81 bits per heavy atom. The average molecular weight is 349 g/mol. The molecule has 0 spiro atoms. The molecule has 0 fully saturated rings. The molecule has 4 rings (SSSR count). The number of aromatic nitrogens is 3. The lowest BCUT2D eigenvalue weighted by atomic mass is 10.2. The van der Waals surface area contributed by atoms with E-state index in [2.05, 4.69) is 25.9 Å². The molecule has 0 bridgehead atoms. The van der Waals surface area contributed by atoms with Gasteiger partial charge in [0.15, 0.2) is 5.65 Å². The monoisotopic (exact) mass is 349 g/mol. The lowest BCUT2D eigenvalue weighted by Crippen LogP contribution is -2.57. The zero-order chi connectivity index (χ0) is 18.1. The first-order valence-electron chi connectivity index (χ1n) is 7.96. The number of hydrazine groups is 1. The molecule has 0 aliphatic carbocycles. The van der Waals surface area contributed by atoms with Crippen LogP contribution < -0.4 is 15.8 Å². The van der Waals surface area contributed by atoms with Gasteiger partial charge >= 0.3 is 0 Å². The van der Waals surface area contributed by atoms with E-state index in [1.54, 1.807) is 48.1 Å². The molecule has 2 amide bonds. The largest absolute Gasteiger partial charge is 0.318 e. The highest BCUT2D eigenvalue weighted by molar-refractivity contribution is 6.43. The smallest absolute Gasteiger partial charge is 0.292 e. The first kappa shape index (κ1) is 15.8. The third kappa shape index (κ3) is 2.86. The van der Waals surface area contributed by atoms with Gasteiger partial charge in [-0.25, -0.2) is 10.0 Å². The Bertz CT molecular complexity index is 1010. The number of amides is 2. The molecule has 9 heteroatoms. The van der Waals surface area contributed by atoms with E-state index >= 15 is 0 Å². The Morgan fingerprint density at radius 1 is 1.19 bits per heavy atom. The van der Waals surface area contributed by atoms with Crippen LogP contribution in [0.1, 0.15) is 6.92 Å². The van der Waals surface area contributed by atoms with Crippen LogP contribution in [0, 0.1) is 0 Å². The lowest BCUT2D eigenvalue weighted by molar-refractivity contribution is -0.120. The number of pyridine rings is 1. The molecule has 9 nitrogen and oxygen atoms in total. The minimum absolute atomic E-state index is 0.0600. The van der Waals surface area contributed by atoms with Crippen molar-refractivity contribution in [2.45, 2.75) is 13.0 Å². The molecule has 3 aromatic rings. The summed E-state index contributed by atoms with van der Waals surface area (Å²) >= 11 is 0. The molecule has 2 aromatic heterocycles. The van der Waals surface area contributed by atoms with E-state index in [0.29, 0.717) is 17.0 Å². The summed E-state index contributed by atoms with van der Waals surface area (Å²) in [6.45, 7) is 1.65. The van der Waals surface area contributed by atoms with Gasteiger partial charge in [-0.3, -0.25) is 19.4 Å². The van der Waals surface area contributed by atoms with Crippen LogP contribution >= 0.6 is 0 Å². The number of aliphatic imine (C=N–C) groups is 1. The highest BCUT2D eigenvalue weighted by atomic mass is 16.2. The van der Waals surface area contributed by atoms with Gasteiger partial charge in [-0.05, 0) is 31.2 Å². The predicted octanol–water partition coefficient (Wildman–Crippen LogP) is 1.01. The second-order valence-electron chi connectivity index (χ2n) is 5.74. The van der Waals surface area contributed by atoms with E-state index in [9.17, 15) is 9.59 Å². The Hall–Kier alpha value is -3.75. The number of hydrogen-bond donors (Lipinski definition) is 2. The highest BCUT2D eigenvalue weighted by Gasteiger charge is 2.30. The van der Waals surface area contributed by atoms with Crippen LogP contribution in [0.15, 0.2) is 60.0 Å². The number of rotatable bonds is 3. The number of anilines is 2. The minimum Gasteiger partial charge on any atom is -0.318 e. The van der Waals surface area contributed by atoms with Crippen LogP contribution in [0.25, 0.3) is 5.65 Å². The second kappa shape index (κ2) is 6.28. The number of hydrogen-bond acceptors (Lipinski definition) is 6. The number of nitrogens with zero attached hydrogens (tertiary/aromatic N) is 5. The third-order valence-corrected chi connectivity index (χ3v) is 3.90. The van der Waals surface area contributed by atoms with E-state index in [-0.39, 0.29) is 11.7 Å². The van der Waals surface area contributed by atoms with Gasteiger partial charge in [0.2, 0.25) is 5.84 Å². The van der Waals surface area contributed by atoms with Crippen molar-refractivity contribution in [1.82, 2.24) is 20.0 Å². The molecule has 0 unspecified atom stereocenters. The molecule has 1 aliphatic rings. The van der Waals surface area contributed by atoms with Crippen molar-refractivity contribution in [2.24, 2.45) is 4.99 Å². The van der Waals surface area contributed by atoms with Gasteiger partial charge in [0.05, 0.1) is 11.4 Å². The van der Waals surface area contributed by atoms with Crippen LogP contribution in [0.5, 0.6) is 0 Å². The molecule has 3 heterocycles. The van der Waals surface area contributed by atoms with Gasteiger partial charge in [-0.2, -0.15) is 0 Å². The molecule has 2 N–H and O–H groups in total. The molecule has 130 valence electrons. The number of para-hydroxylation sites is 1. The van der Waals surface area contributed by atoms with E-state index in [4.69, 9.17) is 0 Å². The van der Waals surface area contributed by atoms with Crippen molar-refractivity contribution in [3.63, 3.8) is 0 Å². The Labute approximate surface area is 148 Å². The van der Waals surface area contributed by atoms with Gasteiger partial charge < -0.3 is 5.32 Å². The molecule has 0 saturated heterocycles. The Balaban J connectivity index is 1.56. The van der Waals surface area contributed by atoms with Crippen molar-refractivity contribution in [2.75, 3.05) is 10.3 Å². The quantitative estimate of drug-likeness (QED) is 0.734. The molecule has 1 atom stereocenters. The lowest BCUT2D eigenvalue weighted by Gasteiger charge is -2.30. The fraction of sp³-hybridized carbons (Fsp3) is 0.118. The van der Waals surface area contributed by atoms with Crippen LogP contribution in [-0.2, 0) is 9.59 Å². The summed E-state index contributed by atoms with van der Waals surface area (Å²) in [5, 5.41) is 11.8. The van der Waals surface area contributed by atoms with Gasteiger partial charge in [0.1, 0.15) is 12.4 Å². The van der Waals surface area contributed by atoms with Crippen molar-refractivity contribution in [1.29, 1.82) is 0 Å². The van der Waals surface area contributed by atoms with Gasteiger partial charge in [0.25, 0.3) is 11.8 Å². The van der Waals surface area contributed by atoms with Gasteiger partial charge in [-0.1, -0.05) is 18.2 Å². The number of carbonyl (C=O) groups is 2. The maximum absolute atomic E-state index is 12.6. The van der Waals surface area contributed by atoms with Crippen molar-refractivity contribution in [3.8, 4) is 0 Å². The molecule has 1 aromatic carbocycles. The highest BCUT2D eigenvalue weighted by Crippen LogP contribution is 2.16. The summed E-state index contributed by atoms with van der Waals surface area (Å²) in [6, 6.07) is 11.8. The van der Waals surface area contributed by atoms with E-state index in [0.717, 1.165) is 0 Å². The van der Waals surface area contributed by atoms with Crippen LogP contribution in [-0.4, -0.2) is 38.3 Å². The zero-order valence-corrected chi connectivity index (χ0v) is 13.8.